The number of thiazole rings is 1. The summed E-state index contributed by atoms with van der Waals surface area (Å²) in [5.41, 5.74) is 8.10. The number of hydrogen-bond donors (Lipinski definition) is 2. The van der Waals surface area contributed by atoms with Gasteiger partial charge in [0.15, 0.2) is 11.7 Å². The number of nitrogens with two attached hydrogens (primary N) is 1. The van der Waals surface area contributed by atoms with E-state index in [9.17, 15) is 4.79 Å². The molecule has 0 bridgehead atoms. The van der Waals surface area contributed by atoms with Crippen molar-refractivity contribution < 1.29 is 9.53 Å². The van der Waals surface area contributed by atoms with Gasteiger partial charge in [0.2, 0.25) is 0 Å². The van der Waals surface area contributed by atoms with Crippen molar-refractivity contribution >= 4 is 86.1 Å². The number of fused-ring (bicyclic) bond motifs is 1. The van der Waals surface area contributed by atoms with Crippen LogP contribution in [0.5, 0.6) is 5.75 Å². The lowest BCUT2D eigenvalue weighted by Crippen LogP contribution is -2.20. The van der Waals surface area contributed by atoms with Crippen LogP contribution in [0.25, 0.3) is 10.2 Å². The Morgan fingerprint density at radius 2 is 2.00 bits per heavy atom. The third-order valence-corrected chi connectivity index (χ3v) is 5.77. The molecule has 3 rings (SSSR count). The Morgan fingerprint density at radius 3 is 2.72 bits per heavy atom. The van der Waals surface area contributed by atoms with Crippen LogP contribution in [0, 0.1) is 6.92 Å². The minimum absolute atomic E-state index is 0.0957. The largest absolute Gasteiger partial charge is 0.482 e. The number of aromatic nitrogens is 1. The van der Waals surface area contributed by atoms with Crippen molar-refractivity contribution in [2.24, 2.45) is 0 Å². The zero-order valence-corrected chi connectivity index (χ0v) is 18.5. The van der Waals surface area contributed by atoms with Crippen molar-refractivity contribution in [1.82, 2.24) is 4.98 Å². The number of hydrogen-bond acceptors (Lipinski definition) is 5. The number of carbonyl (C=O) groups excluding carboxylic acids is 1. The molecule has 0 aliphatic carbocycles. The van der Waals surface area contributed by atoms with Crippen LogP contribution >= 0.6 is 59.1 Å². The first-order valence-corrected chi connectivity index (χ1v) is 10.3. The number of rotatable bonds is 4. The van der Waals surface area contributed by atoms with Crippen molar-refractivity contribution in [1.29, 1.82) is 0 Å². The molecule has 3 aromatic rings. The van der Waals surface area contributed by atoms with Gasteiger partial charge < -0.3 is 15.8 Å². The predicted molar refractivity (Wildman–Crippen MR) is 112 cm³/mol. The minimum atomic E-state index is -0.252. The number of aryl methyl sites for hydroxylation is 1. The Kier molecular flexibility index (Phi) is 5.67. The van der Waals surface area contributed by atoms with Crippen molar-refractivity contribution in [3.05, 3.63) is 43.2 Å². The second kappa shape index (κ2) is 7.61. The van der Waals surface area contributed by atoms with E-state index in [1.165, 1.54) is 11.3 Å². The molecule has 1 aromatic heterocycles. The Labute approximate surface area is 173 Å². The number of nitrogen functional groups attached to an aromatic ring is 1. The number of ether oxygens (including phenoxy) is 1. The second-order valence-electron chi connectivity index (χ2n) is 5.23. The molecule has 2 aromatic carbocycles. The Balaban J connectivity index is 1.71. The molecule has 130 valence electrons. The maximum absolute atomic E-state index is 12.2. The topological polar surface area (TPSA) is 77.2 Å². The fourth-order valence-electron chi connectivity index (χ4n) is 2.28. The van der Waals surface area contributed by atoms with Crippen LogP contribution in [0.2, 0.25) is 0 Å². The SMILES string of the molecule is Cc1cc(Br)cc(Br)c1OCC(=O)Nc1cc(Br)c2nc(N)sc2c1. The monoisotopic (exact) mass is 547 g/mol. The van der Waals surface area contributed by atoms with Gasteiger partial charge in [0.05, 0.1) is 14.7 Å². The number of amides is 1. The van der Waals surface area contributed by atoms with E-state index in [2.05, 4.69) is 58.1 Å². The molecule has 0 saturated heterocycles. The molecule has 0 atom stereocenters. The van der Waals surface area contributed by atoms with E-state index in [4.69, 9.17) is 10.5 Å². The van der Waals surface area contributed by atoms with E-state index in [0.29, 0.717) is 16.6 Å². The van der Waals surface area contributed by atoms with E-state index in [1.807, 2.05) is 25.1 Å². The first-order valence-electron chi connectivity index (χ1n) is 7.07. The molecule has 0 aliphatic heterocycles. The summed E-state index contributed by atoms with van der Waals surface area (Å²) >= 11 is 11.7. The van der Waals surface area contributed by atoms with E-state index in [-0.39, 0.29) is 12.5 Å². The van der Waals surface area contributed by atoms with Crippen LogP contribution in [-0.4, -0.2) is 17.5 Å². The Bertz CT molecular complexity index is 952. The fourth-order valence-corrected chi connectivity index (χ4v) is 5.32. The molecular formula is C16H12Br3N3O2S. The van der Waals surface area contributed by atoms with E-state index >= 15 is 0 Å². The summed E-state index contributed by atoms with van der Waals surface area (Å²) in [5.74, 6) is 0.392. The van der Waals surface area contributed by atoms with Crippen LogP contribution in [0.4, 0.5) is 10.8 Å². The van der Waals surface area contributed by atoms with Crippen molar-refractivity contribution in [2.45, 2.75) is 6.92 Å². The lowest BCUT2D eigenvalue weighted by Gasteiger charge is -2.12. The summed E-state index contributed by atoms with van der Waals surface area (Å²) in [6.45, 7) is 1.82. The molecule has 9 heteroatoms. The zero-order valence-electron chi connectivity index (χ0n) is 12.9. The first-order chi connectivity index (χ1) is 11.8. The highest BCUT2D eigenvalue weighted by Crippen LogP contribution is 2.34. The average Bonchev–Trinajstić information content (AvgIpc) is 2.87. The molecule has 3 N–H and O–H groups in total. The van der Waals surface area contributed by atoms with Crippen molar-refractivity contribution in [3.63, 3.8) is 0 Å². The normalized spacial score (nSPS) is 10.9. The van der Waals surface area contributed by atoms with Gasteiger partial charge in [-0.3, -0.25) is 4.79 Å². The molecule has 1 amide bonds. The van der Waals surface area contributed by atoms with Gasteiger partial charge >= 0.3 is 0 Å². The molecule has 0 fully saturated rings. The first kappa shape index (κ1) is 18.6. The van der Waals surface area contributed by atoms with Gasteiger partial charge in [-0.2, -0.15) is 0 Å². The smallest absolute Gasteiger partial charge is 0.262 e. The summed E-state index contributed by atoms with van der Waals surface area (Å²) in [4.78, 5) is 16.5. The predicted octanol–water partition coefficient (Wildman–Crippen LogP) is 5.49. The third kappa shape index (κ3) is 4.33. The number of halogens is 3. The molecular weight excluding hydrogens is 538 g/mol. The highest BCUT2D eigenvalue weighted by atomic mass is 79.9. The molecule has 0 unspecified atom stereocenters. The summed E-state index contributed by atoms with van der Waals surface area (Å²) in [7, 11) is 0. The van der Waals surface area contributed by atoms with Crippen molar-refractivity contribution in [3.8, 4) is 5.75 Å². The van der Waals surface area contributed by atoms with Crippen LogP contribution in [0.3, 0.4) is 0 Å². The molecule has 0 radical (unpaired) electrons. The summed E-state index contributed by atoms with van der Waals surface area (Å²) in [6, 6.07) is 7.43. The highest BCUT2D eigenvalue weighted by Gasteiger charge is 2.12. The third-order valence-electron chi connectivity index (χ3n) is 3.29. The highest BCUT2D eigenvalue weighted by molar-refractivity contribution is 9.11. The molecule has 5 nitrogen and oxygen atoms in total. The molecule has 0 spiro atoms. The molecule has 0 aliphatic rings. The van der Waals surface area contributed by atoms with Crippen LogP contribution in [0.1, 0.15) is 5.56 Å². The Hall–Kier alpha value is -1.16. The standard InChI is InChI=1S/C16H12Br3N3O2S/c1-7-2-8(17)3-11(19)15(7)24-6-13(23)21-9-4-10(18)14-12(5-9)25-16(20)22-14/h2-5H,6H2,1H3,(H2,20,22)(H,21,23). The summed E-state index contributed by atoms with van der Waals surface area (Å²) in [5, 5.41) is 3.31. The van der Waals surface area contributed by atoms with Gasteiger partial charge in [-0.05, 0) is 68.6 Å². The quantitative estimate of drug-likeness (QED) is 0.451. The number of nitrogens with zero attached hydrogens (tertiary/aromatic N) is 1. The summed E-state index contributed by atoms with van der Waals surface area (Å²) < 4.78 is 9.06. The number of carbonyl (C=O) groups is 1. The molecule has 25 heavy (non-hydrogen) atoms. The van der Waals surface area contributed by atoms with Crippen LogP contribution in [0.15, 0.2) is 37.7 Å². The molecule has 1 heterocycles. The maximum Gasteiger partial charge on any atom is 0.262 e. The van der Waals surface area contributed by atoms with Gasteiger partial charge in [-0.1, -0.05) is 27.3 Å². The summed E-state index contributed by atoms with van der Waals surface area (Å²) in [6.07, 6.45) is 0. The zero-order chi connectivity index (χ0) is 18.1. The van der Waals surface area contributed by atoms with Crippen LogP contribution < -0.4 is 15.8 Å². The lowest BCUT2D eigenvalue weighted by molar-refractivity contribution is -0.118. The second-order valence-corrected chi connectivity index (χ2v) is 8.91. The number of nitrogens with one attached hydrogen (secondary N) is 1. The fraction of sp³-hybridized carbons (Fsp3) is 0.125. The number of anilines is 2. The Morgan fingerprint density at radius 1 is 1.24 bits per heavy atom. The average molecular weight is 550 g/mol. The van der Waals surface area contributed by atoms with E-state index in [0.717, 1.165) is 29.2 Å². The van der Waals surface area contributed by atoms with Gasteiger partial charge in [-0.15, -0.1) is 0 Å². The van der Waals surface area contributed by atoms with Crippen molar-refractivity contribution in [2.75, 3.05) is 17.7 Å². The van der Waals surface area contributed by atoms with E-state index in [1.54, 1.807) is 6.07 Å². The van der Waals surface area contributed by atoms with Gasteiger partial charge in [-0.25, -0.2) is 4.98 Å². The molecule has 0 saturated carbocycles. The minimum Gasteiger partial charge on any atom is -0.482 e. The van der Waals surface area contributed by atoms with Gasteiger partial charge in [0.1, 0.15) is 5.75 Å². The number of benzene rings is 2. The van der Waals surface area contributed by atoms with Crippen LogP contribution in [-0.2, 0) is 4.79 Å². The van der Waals surface area contributed by atoms with E-state index < -0.39 is 0 Å². The maximum atomic E-state index is 12.2. The lowest BCUT2D eigenvalue weighted by atomic mass is 10.2. The van der Waals surface area contributed by atoms with Gasteiger partial charge in [0.25, 0.3) is 5.91 Å². The van der Waals surface area contributed by atoms with Gasteiger partial charge in [0, 0.05) is 14.6 Å².